The van der Waals surface area contributed by atoms with E-state index < -0.39 is 6.23 Å². The minimum absolute atomic E-state index is 0.0330. The SMILES string of the molecule is COc1cc2c(cc1OCCCOc1cc3c(cc1OC)C(=O)N1CCC[C@H]1[C@H](O)N3C)N=C[C@@H]1CCCN1C2=O. The number of anilines is 1. The Hall–Kier alpha value is -3.99. The van der Waals surface area contributed by atoms with E-state index in [1.165, 1.54) is 7.11 Å². The fourth-order valence-electron chi connectivity index (χ4n) is 6.24. The van der Waals surface area contributed by atoms with Crippen molar-refractivity contribution < 1.29 is 33.6 Å². The van der Waals surface area contributed by atoms with E-state index in [9.17, 15) is 14.7 Å². The van der Waals surface area contributed by atoms with Crippen LogP contribution in [0.5, 0.6) is 23.0 Å². The zero-order valence-electron chi connectivity index (χ0n) is 23.7. The van der Waals surface area contributed by atoms with E-state index in [2.05, 4.69) is 4.99 Å². The number of aliphatic hydroxyl groups excluding tert-OH is 1. The summed E-state index contributed by atoms with van der Waals surface area (Å²) in [5.74, 6) is 1.78. The van der Waals surface area contributed by atoms with Gasteiger partial charge in [-0.15, -0.1) is 0 Å². The van der Waals surface area contributed by atoms with Gasteiger partial charge in [0.25, 0.3) is 11.8 Å². The lowest BCUT2D eigenvalue weighted by Gasteiger charge is -2.31. The van der Waals surface area contributed by atoms with E-state index >= 15 is 0 Å². The van der Waals surface area contributed by atoms with Crippen molar-refractivity contribution in [3.05, 3.63) is 35.4 Å². The maximum absolute atomic E-state index is 13.3. The first-order chi connectivity index (χ1) is 19.9. The van der Waals surface area contributed by atoms with E-state index in [1.807, 2.05) is 11.1 Å². The van der Waals surface area contributed by atoms with Crippen LogP contribution in [0.1, 0.15) is 52.8 Å². The summed E-state index contributed by atoms with van der Waals surface area (Å²) in [5.41, 5.74) is 2.18. The molecule has 0 unspecified atom stereocenters. The number of amides is 2. The normalized spacial score (nSPS) is 22.9. The molecule has 11 nitrogen and oxygen atoms in total. The predicted octanol–water partition coefficient (Wildman–Crippen LogP) is 3.25. The number of aliphatic hydroxyl groups is 1. The Morgan fingerprint density at radius 2 is 1.49 bits per heavy atom. The van der Waals surface area contributed by atoms with E-state index in [0.717, 1.165) is 32.2 Å². The molecular weight excluding hydrogens is 528 g/mol. The molecule has 0 saturated carbocycles. The minimum Gasteiger partial charge on any atom is -0.493 e. The van der Waals surface area contributed by atoms with Crippen LogP contribution in [0.4, 0.5) is 11.4 Å². The first kappa shape index (κ1) is 27.2. The number of fused-ring (bicyclic) bond motifs is 4. The average molecular weight is 565 g/mol. The molecule has 2 amide bonds. The van der Waals surface area contributed by atoms with Crippen molar-refractivity contribution in [3.8, 4) is 23.0 Å². The van der Waals surface area contributed by atoms with Gasteiger partial charge in [0.2, 0.25) is 0 Å². The summed E-state index contributed by atoms with van der Waals surface area (Å²) >= 11 is 0. The second kappa shape index (κ2) is 11.1. The molecule has 4 heterocycles. The van der Waals surface area contributed by atoms with Gasteiger partial charge in [-0.1, -0.05) is 0 Å². The number of carbonyl (C=O) groups is 2. The number of aliphatic imine (C=N–C) groups is 1. The van der Waals surface area contributed by atoms with Crippen LogP contribution in [0.3, 0.4) is 0 Å². The highest BCUT2D eigenvalue weighted by atomic mass is 16.5. The van der Waals surface area contributed by atoms with Crippen LogP contribution >= 0.6 is 0 Å². The summed E-state index contributed by atoms with van der Waals surface area (Å²) in [4.78, 5) is 36.3. The molecule has 2 fully saturated rings. The molecular formula is C30H36N4O7. The molecule has 4 aliphatic rings. The number of methoxy groups -OCH3 is 2. The van der Waals surface area contributed by atoms with Crippen molar-refractivity contribution in [3.63, 3.8) is 0 Å². The molecule has 11 heteroatoms. The molecule has 3 atom stereocenters. The Balaban J connectivity index is 1.13. The molecule has 2 aromatic rings. The Kier molecular flexibility index (Phi) is 7.37. The number of carbonyl (C=O) groups excluding carboxylic acids is 2. The van der Waals surface area contributed by atoms with Gasteiger partial charge < -0.3 is 38.8 Å². The summed E-state index contributed by atoms with van der Waals surface area (Å²) in [6, 6.07) is 6.71. The smallest absolute Gasteiger partial charge is 0.256 e. The van der Waals surface area contributed by atoms with E-state index in [4.69, 9.17) is 18.9 Å². The second-order valence-electron chi connectivity index (χ2n) is 10.8. The van der Waals surface area contributed by atoms with Gasteiger partial charge in [-0.3, -0.25) is 14.6 Å². The van der Waals surface area contributed by atoms with Crippen molar-refractivity contribution in [2.45, 2.75) is 50.4 Å². The largest absolute Gasteiger partial charge is 0.493 e. The van der Waals surface area contributed by atoms with Gasteiger partial charge >= 0.3 is 0 Å². The number of hydrogen-bond donors (Lipinski definition) is 1. The van der Waals surface area contributed by atoms with Crippen LogP contribution in [0.25, 0.3) is 0 Å². The topological polar surface area (TPSA) is 113 Å². The summed E-state index contributed by atoms with van der Waals surface area (Å²) in [5, 5.41) is 11.0. The lowest BCUT2D eigenvalue weighted by molar-refractivity contribution is 0.0527. The zero-order chi connectivity index (χ0) is 28.7. The van der Waals surface area contributed by atoms with Crippen LogP contribution in [-0.2, 0) is 0 Å². The number of hydrogen-bond acceptors (Lipinski definition) is 9. The molecule has 0 spiro atoms. The fourth-order valence-corrected chi connectivity index (χ4v) is 6.24. The van der Waals surface area contributed by atoms with Crippen LogP contribution < -0.4 is 23.8 Å². The molecule has 0 aliphatic carbocycles. The summed E-state index contributed by atoms with van der Waals surface area (Å²) in [6.07, 6.45) is 5.13. The van der Waals surface area contributed by atoms with Gasteiger partial charge in [-0.05, 0) is 37.8 Å². The van der Waals surface area contributed by atoms with Crippen molar-refractivity contribution in [2.75, 3.05) is 52.5 Å². The average Bonchev–Trinajstić information content (AvgIpc) is 3.64. The van der Waals surface area contributed by atoms with E-state index in [1.54, 1.807) is 48.2 Å². The van der Waals surface area contributed by atoms with Crippen LogP contribution in [0.15, 0.2) is 29.3 Å². The predicted molar refractivity (Wildman–Crippen MR) is 152 cm³/mol. The van der Waals surface area contributed by atoms with Gasteiger partial charge in [-0.25, -0.2) is 0 Å². The molecule has 6 rings (SSSR count). The van der Waals surface area contributed by atoms with Gasteiger partial charge in [-0.2, -0.15) is 0 Å². The van der Waals surface area contributed by atoms with Crippen LogP contribution in [0, 0.1) is 0 Å². The third-order valence-electron chi connectivity index (χ3n) is 8.46. The third kappa shape index (κ3) is 4.81. The molecule has 4 aliphatic heterocycles. The highest BCUT2D eigenvalue weighted by molar-refractivity contribution is 6.03. The number of rotatable bonds is 8. The van der Waals surface area contributed by atoms with Gasteiger partial charge in [0, 0.05) is 44.9 Å². The van der Waals surface area contributed by atoms with Crippen molar-refractivity contribution in [1.82, 2.24) is 9.80 Å². The van der Waals surface area contributed by atoms with E-state index in [-0.39, 0.29) is 23.9 Å². The lowest BCUT2D eigenvalue weighted by atomic mass is 10.1. The van der Waals surface area contributed by atoms with Crippen LogP contribution in [-0.4, -0.2) is 98.8 Å². The monoisotopic (exact) mass is 564 g/mol. The van der Waals surface area contributed by atoms with Gasteiger partial charge in [0.1, 0.15) is 6.23 Å². The van der Waals surface area contributed by atoms with Crippen molar-refractivity contribution in [1.29, 1.82) is 0 Å². The Labute approximate surface area is 239 Å². The highest BCUT2D eigenvalue weighted by Crippen LogP contribution is 2.41. The molecule has 218 valence electrons. The van der Waals surface area contributed by atoms with Crippen molar-refractivity contribution in [2.24, 2.45) is 4.99 Å². The van der Waals surface area contributed by atoms with E-state index in [0.29, 0.717) is 71.7 Å². The first-order valence-electron chi connectivity index (χ1n) is 14.2. The molecule has 0 radical (unpaired) electrons. The first-order valence-corrected chi connectivity index (χ1v) is 14.2. The molecule has 0 aromatic heterocycles. The Bertz CT molecular complexity index is 1380. The quantitative estimate of drug-likeness (QED) is 0.487. The summed E-state index contributed by atoms with van der Waals surface area (Å²) in [6.45, 7) is 2.02. The summed E-state index contributed by atoms with van der Waals surface area (Å²) in [7, 11) is 4.88. The number of benzene rings is 2. The van der Waals surface area contributed by atoms with Gasteiger partial charge in [0.05, 0.1) is 62.0 Å². The molecule has 1 N–H and O–H groups in total. The summed E-state index contributed by atoms with van der Waals surface area (Å²) < 4.78 is 23.2. The standard InChI is InChI=1S/C30H36N4O7/c1-32-23-16-27(25(39-3)14-20(23)29(36)34-10-5-8-22(34)30(32)37)41-12-6-11-40-26-15-21-19(13-24(26)38-2)28(35)33-9-4-7-18(33)17-31-21/h13-18,22,30,37H,4-12H2,1-3H3/t18-,22-,30-/m0/s1. The molecule has 2 saturated heterocycles. The van der Waals surface area contributed by atoms with Crippen LogP contribution in [0.2, 0.25) is 0 Å². The Morgan fingerprint density at radius 3 is 2.22 bits per heavy atom. The Morgan fingerprint density at radius 1 is 0.854 bits per heavy atom. The third-order valence-corrected chi connectivity index (χ3v) is 8.46. The zero-order valence-corrected chi connectivity index (χ0v) is 23.7. The lowest BCUT2D eigenvalue weighted by Crippen LogP contribution is -2.47. The van der Waals surface area contributed by atoms with Crippen molar-refractivity contribution >= 4 is 29.4 Å². The maximum atomic E-state index is 13.3. The fraction of sp³-hybridized carbons (Fsp3) is 0.500. The maximum Gasteiger partial charge on any atom is 0.256 e. The van der Waals surface area contributed by atoms with Gasteiger partial charge in [0.15, 0.2) is 23.0 Å². The number of ether oxygens (including phenoxy) is 4. The highest BCUT2D eigenvalue weighted by Gasteiger charge is 2.41. The molecule has 0 bridgehead atoms. The second-order valence-corrected chi connectivity index (χ2v) is 10.8. The number of likely N-dealkylation sites (N-methyl/N-ethyl adjacent to an activating group) is 1. The molecule has 41 heavy (non-hydrogen) atoms. The number of nitrogens with zero attached hydrogens (tertiary/aromatic N) is 4. The molecule has 2 aromatic carbocycles. The minimum atomic E-state index is -0.801.